The van der Waals surface area contributed by atoms with Gasteiger partial charge in [0.05, 0.1) is 18.7 Å². The van der Waals surface area contributed by atoms with Gasteiger partial charge in [-0.25, -0.2) is 14.5 Å². The standard InChI is InChI=1S/C24H23N7O2/c1-16-17(2)30(13-18-8-10-25-11-9-18)23-22(16)24-28-21(29-31(24)15-26-23)14-33-27-12-19-6-4-5-7-20(19)32-3/h4-12,15H,13-14H2,1-3H3. The third-order valence-corrected chi connectivity index (χ3v) is 5.68. The molecule has 1 aromatic carbocycles. The van der Waals surface area contributed by atoms with E-state index in [0.717, 1.165) is 44.8 Å². The van der Waals surface area contributed by atoms with E-state index in [1.807, 2.05) is 36.4 Å². The van der Waals surface area contributed by atoms with Crippen molar-refractivity contribution >= 4 is 22.9 Å². The van der Waals surface area contributed by atoms with Crippen molar-refractivity contribution in [1.82, 2.24) is 29.1 Å². The molecular weight excluding hydrogens is 418 g/mol. The molecule has 0 atom stereocenters. The maximum Gasteiger partial charge on any atom is 0.192 e. The average molecular weight is 441 g/mol. The second-order valence-corrected chi connectivity index (χ2v) is 7.64. The van der Waals surface area contributed by atoms with E-state index in [4.69, 9.17) is 14.6 Å². The lowest BCUT2D eigenvalue weighted by molar-refractivity contribution is 0.126. The number of hydrogen-bond donors (Lipinski definition) is 0. The Morgan fingerprint density at radius 2 is 1.88 bits per heavy atom. The molecule has 0 amide bonds. The summed E-state index contributed by atoms with van der Waals surface area (Å²) in [7, 11) is 1.62. The summed E-state index contributed by atoms with van der Waals surface area (Å²) in [6.07, 6.45) is 6.90. The molecule has 9 heteroatoms. The quantitative estimate of drug-likeness (QED) is 0.283. The van der Waals surface area contributed by atoms with Crippen LogP contribution in [0.4, 0.5) is 0 Å². The molecule has 0 fully saturated rings. The molecule has 0 aliphatic rings. The zero-order chi connectivity index (χ0) is 22.8. The number of pyridine rings is 1. The minimum absolute atomic E-state index is 0.143. The molecule has 166 valence electrons. The minimum Gasteiger partial charge on any atom is -0.496 e. The third kappa shape index (κ3) is 3.89. The highest BCUT2D eigenvalue weighted by Gasteiger charge is 2.18. The zero-order valence-electron chi connectivity index (χ0n) is 18.6. The molecule has 0 unspecified atom stereocenters. The fourth-order valence-electron chi connectivity index (χ4n) is 3.86. The number of hydrogen-bond acceptors (Lipinski definition) is 7. The first kappa shape index (κ1) is 20.6. The van der Waals surface area contributed by atoms with E-state index < -0.39 is 0 Å². The summed E-state index contributed by atoms with van der Waals surface area (Å²) in [5.41, 5.74) is 5.89. The van der Waals surface area contributed by atoms with Crippen molar-refractivity contribution in [3.8, 4) is 5.75 Å². The molecule has 0 radical (unpaired) electrons. The van der Waals surface area contributed by atoms with Crippen molar-refractivity contribution in [2.75, 3.05) is 7.11 Å². The Labute approximate surface area is 190 Å². The Morgan fingerprint density at radius 3 is 2.70 bits per heavy atom. The molecule has 0 aliphatic carbocycles. The van der Waals surface area contributed by atoms with E-state index >= 15 is 0 Å². The Hall–Kier alpha value is -4.27. The van der Waals surface area contributed by atoms with Gasteiger partial charge in [-0.15, -0.1) is 5.10 Å². The van der Waals surface area contributed by atoms with E-state index in [9.17, 15) is 0 Å². The molecule has 0 spiro atoms. The number of para-hydroxylation sites is 1. The molecule has 9 nitrogen and oxygen atoms in total. The van der Waals surface area contributed by atoms with Crippen LogP contribution in [-0.4, -0.2) is 42.5 Å². The van der Waals surface area contributed by atoms with Crippen LogP contribution >= 0.6 is 0 Å². The molecule has 0 aliphatic heterocycles. The normalized spacial score (nSPS) is 11.6. The fraction of sp³-hybridized carbons (Fsp3) is 0.208. The predicted molar refractivity (Wildman–Crippen MR) is 124 cm³/mol. The van der Waals surface area contributed by atoms with Crippen molar-refractivity contribution in [3.63, 3.8) is 0 Å². The summed E-state index contributed by atoms with van der Waals surface area (Å²) in [5, 5.41) is 9.54. The number of oxime groups is 1. The second-order valence-electron chi connectivity index (χ2n) is 7.64. The topological polar surface area (TPSA) is 91.7 Å². The fourth-order valence-corrected chi connectivity index (χ4v) is 3.86. The lowest BCUT2D eigenvalue weighted by atomic mass is 10.2. The van der Waals surface area contributed by atoms with E-state index in [2.05, 4.69) is 38.6 Å². The van der Waals surface area contributed by atoms with Gasteiger partial charge in [-0.05, 0) is 49.2 Å². The van der Waals surface area contributed by atoms with Gasteiger partial charge in [-0.1, -0.05) is 17.3 Å². The van der Waals surface area contributed by atoms with Crippen LogP contribution in [0, 0.1) is 13.8 Å². The lowest BCUT2D eigenvalue weighted by Crippen LogP contribution is -2.03. The Kier molecular flexibility index (Phi) is 5.43. The van der Waals surface area contributed by atoms with Crippen LogP contribution in [0.5, 0.6) is 5.75 Å². The Balaban J connectivity index is 1.41. The third-order valence-electron chi connectivity index (χ3n) is 5.68. The first-order valence-electron chi connectivity index (χ1n) is 10.5. The summed E-state index contributed by atoms with van der Waals surface area (Å²) in [4.78, 5) is 18.9. The maximum atomic E-state index is 5.45. The smallest absolute Gasteiger partial charge is 0.192 e. The highest BCUT2D eigenvalue weighted by molar-refractivity contribution is 5.94. The highest BCUT2D eigenvalue weighted by Crippen LogP contribution is 2.27. The van der Waals surface area contributed by atoms with Crippen molar-refractivity contribution in [2.45, 2.75) is 27.0 Å². The highest BCUT2D eigenvalue weighted by atomic mass is 16.6. The SMILES string of the molecule is COc1ccccc1C=NOCc1nc2c3c(C)c(C)n(Cc4ccncc4)c3ncn2n1. The Morgan fingerprint density at radius 1 is 1.06 bits per heavy atom. The molecule has 4 heterocycles. The van der Waals surface area contributed by atoms with Gasteiger partial charge in [-0.3, -0.25) is 4.98 Å². The maximum absolute atomic E-state index is 5.45. The van der Waals surface area contributed by atoms with Crippen molar-refractivity contribution in [3.05, 3.63) is 83.3 Å². The summed E-state index contributed by atoms with van der Waals surface area (Å²) < 4.78 is 9.20. The van der Waals surface area contributed by atoms with Crippen LogP contribution in [0.2, 0.25) is 0 Å². The van der Waals surface area contributed by atoms with Crippen LogP contribution in [0.15, 0.2) is 60.3 Å². The Bertz CT molecular complexity index is 1450. The van der Waals surface area contributed by atoms with Gasteiger partial charge >= 0.3 is 0 Å². The van der Waals surface area contributed by atoms with Gasteiger partial charge in [0.15, 0.2) is 18.1 Å². The largest absolute Gasteiger partial charge is 0.496 e. The number of aryl methyl sites for hydroxylation is 1. The molecule has 4 aromatic heterocycles. The van der Waals surface area contributed by atoms with Crippen LogP contribution in [0.25, 0.3) is 16.7 Å². The van der Waals surface area contributed by atoms with E-state index in [1.54, 1.807) is 36.6 Å². The molecule has 5 rings (SSSR count). The zero-order valence-corrected chi connectivity index (χ0v) is 18.6. The molecule has 0 saturated heterocycles. The van der Waals surface area contributed by atoms with Crippen LogP contribution < -0.4 is 4.74 Å². The van der Waals surface area contributed by atoms with Crippen molar-refractivity contribution in [2.24, 2.45) is 5.16 Å². The van der Waals surface area contributed by atoms with E-state index in [0.29, 0.717) is 12.4 Å². The first-order chi connectivity index (χ1) is 16.2. The van der Waals surface area contributed by atoms with Crippen LogP contribution in [-0.2, 0) is 18.0 Å². The molecule has 0 N–H and O–H groups in total. The van der Waals surface area contributed by atoms with Crippen molar-refractivity contribution in [1.29, 1.82) is 0 Å². The summed E-state index contributed by atoms with van der Waals surface area (Å²) in [6, 6.07) is 11.6. The molecular formula is C24H23N7O2. The van der Waals surface area contributed by atoms with Crippen molar-refractivity contribution < 1.29 is 9.57 Å². The van der Waals surface area contributed by atoms with Gasteiger partial charge in [0.2, 0.25) is 0 Å². The number of rotatable bonds is 7. The summed E-state index contributed by atoms with van der Waals surface area (Å²) in [6.45, 7) is 5.04. The predicted octanol–water partition coefficient (Wildman–Crippen LogP) is 3.70. The summed E-state index contributed by atoms with van der Waals surface area (Å²) >= 11 is 0. The average Bonchev–Trinajstić information content (AvgIpc) is 3.37. The number of benzene rings is 1. The minimum atomic E-state index is 0.143. The number of fused-ring (bicyclic) bond motifs is 3. The number of nitrogens with zero attached hydrogens (tertiary/aromatic N) is 7. The van der Waals surface area contributed by atoms with Gasteiger partial charge in [0.1, 0.15) is 17.7 Å². The van der Waals surface area contributed by atoms with Crippen LogP contribution in [0.1, 0.15) is 28.2 Å². The monoisotopic (exact) mass is 441 g/mol. The lowest BCUT2D eigenvalue weighted by Gasteiger charge is -2.07. The van der Waals surface area contributed by atoms with Gasteiger partial charge in [0, 0.05) is 30.2 Å². The van der Waals surface area contributed by atoms with Gasteiger partial charge in [0.25, 0.3) is 0 Å². The first-order valence-corrected chi connectivity index (χ1v) is 10.5. The van der Waals surface area contributed by atoms with Gasteiger partial charge in [-0.2, -0.15) is 0 Å². The van der Waals surface area contributed by atoms with Crippen LogP contribution in [0.3, 0.4) is 0 Å². The number of ether oxygens (including phenoxy) is 1. The number of aromatic nitrogens is 6. The number of methoxy groups -OCH3 is 1. The summed E-state index contributed by atoms with van der Waals surface area (Å²) in [5.74, 6) is 1.26. The van der Waals surface area contributed by atoms with Gasteiger partial charge < -0.3 is 14.1 Å². The molecule has 0 bridgehead atoms. The molecule has 0 saturated carbocycles. The second kappa shape index (κ2) is 8.70. The molecule has 33 heavy (non-hydrogen) atoms. The molecule has 5 aromatic rings. The van der Waals surface area contributed by atoms with E-state index in [1.165, 1.54) is 0 Å². The van der Waals surface area contributed by atoms with E-state index in [-0.39, 0.29) is 6.61 Å².